The molecule has 0 fully saturated rings. The Morgan fingerprint density at radius 2 is 1.83 bits per heavy atom. The maximum Gasteiger partial charge on any atom is 0.349 e. The van der Waals surface area contributed by atoms with Crippen molar-refractivity contribution in [3.63, 3.8) is 0 Å². The quantitative estimate of drug-likeness (QED) is 0.514. The predicted molar refractivity (Wildman–Crippen MR) is 89.3 cm³/mol. The van der Waals surface area contributed by atoms with Crippen molar-refractivity contribution in [1.82, 2.24) is 4.98 Å². The Hall–Kier alpha value is -2.30. The molecule has 3 rings (SSSR count). The van der Waals surface area contributed by atoms with Crippen molar-refractivity contribution in [2.24, 2.45) is 0 Å². The number of halogens is 2. The zero-order valence-corrected chi connectivity index (χ0v) is 13.3. The fourth-order valence-corrected chi connectivity index (χ4v) is 2.36. The van der Waals surface area contributed by atoms with E-state index in [1.807, 2.05) is 6.07 Å². The average Bonchev–Trinajstić information content (AvgIpc) is 2.57. The van der Waals surface area contributed by atoms with Gasteiger partial charge in [-0.3, -0.25) is 4.98 Å². The molecule has 0 saturated carbocycles. The van der Waals surface area contributed by atoms with E-state index in [0.717, 1.165) is 5.39 Å². The van der Waals surface area contributed by atoms with E-state index in [4.69, 9.17) is 32.7 Å². The van der Waals surface area contributed by atoms with Gasteiger partial charge in [0.2, 0.25) is 0 Å². The van der Waals surface area contributed by atoms with Crippen LogP contribution in [0.4, 0.5) is 0 Å². The first kappa shape index (κ1) is 15.6. The second kappa shape index (κ2) is 6.86. The number of pyridine rings is 1. The minimum atomic E-state index is -0.533. The van der Waals surface area contributed by atoms with Gasteiger partial charge in [-0.05, 0) is 48.5 Å². The number of nitrogens with zero attached hydrogens (tertiary/aromatic N) is 1. The normalized spacial score (nSPS) is 10.5. The highest BCUT2D eigenvalue weighted by molar-refractivity contribution is 6.35. The first-order valence-electron chi connectivity index (χ1n) is 6.76. The number of aromatic nitrogens is 1. The van der Waals surface area contributed by atoms with E-state index in [1.165, 1.54) is 0 Å². The molecule has 0 aliphatic rings. The average molecular weight is 348 g/mol. The second-order valence-corrected chi connectivity index (χ2v) is 5.51. The third-order valence-electron chi connectivity index (χ3n) is 3.07. The smallest absolute Gasteiger partial charge is 0.349 e. The molecule has 2 aromatic carbocycles. The fraction of sp³-hybridized carbons (Fsp3) is 0.0588. The van der Waals surface area contributed by atoms with Crippen LogP contribution in [0, 0.1) is 0 Å². The first-order chi connectivity index (χ1) is 11.1. The van der Waals surface area contributed by atoms with Gasteiger partial charge < -0.3 is 9.47 Å². The topological polar surface area (TPSA) is 48.4 Å². The van der Waals surface area contributed by atoms with Crippen LogP contribution < -0.4 is 9.47 Å². The van der Waals surface area contributed by atoms with Crippen LogP contribution in [0.1, 0.15) is 0 Å². The summed E-state index contributed by atoms with van der Waals surface area (Å²) in [6.45, 7) is -0.224. The maximum atomic E-state index is 11.9. The molecule has 0 atom stereocenters. The molecule has 116 valence electrons. The van der Waals surface area contributed by atoms with Crippen molar-refractivity contribution in [2.75, 3.05) is 6.61 Å². The molecule has 0 spiro atoms. The van der Waals surface area contributed by atoms with Crippen LogP contribution in [-0.4, -0.2) is 17.6 Å². The lowest BCUT2D eigenvalue weighted by Gasteiger charge is -2.09. The molecule has 1 aromatic heterocycles. The summed E-state index contributed by atoms with van der Waals surface area (Å²) in [7, 11) is 0. The zero-order valence-electron chi connectivity index (χ0n) is 11.8. The van der Waals surface area contributed by atoms with Crippen LogP contribution in [0.15, 0.2) is 54.7 Å². The number of carbonyl (C=O) groups excluding carboxylic acids is 1. The van der Waals surface area contributed by atoms with Gasteiger partial charge in [0.05, 0.1) is 5.02 Å². The molecular weight excluding hydrogens is 337 g/mol. The Bertz CT molecular complexity index is 850. The molecular formula is C17H11Cl2NO3. The van der Waals surface area contributed by atoms with Crippen LogP contribution in [0.5, 0.6) is 11.5 Å². The van der Waals surface area contributed by atoms with Gasteiger partial charge in [-0.25, -0.2) is 4.79 Å². The van der Waals surface area contributed by atoms with Crippen molar-refractivity contribution in [3.05, 3.63) is 64.8 Å². The number of esters is 1. The van der Waals surface area contributed by atoms with Crippen LogP contribution in [-0.2, 0) is 4.79 Å². The van der Waals surface area contributed by atoms with Gasteiger partial charge in [-0.1, -0.05) is 23.2 Å². The SMILES string of the molecule is O=C(COc1ccc(Cl)cc1)Oc1ccc(Cl)c2cccnc12. The molecule has 6 heteroatoms. The summed E-state index contributed by atoms with van der Waals surface area (Å²) in [5.41, 5.74) is 0.528. The summed E-state index contributed by atoms with van der Waals surface area (Å²) in [5, 5.41) is 1.86. The van der Waals surface area contributed by atoms with Gasteiger partial charge in [0.1, 0.15) is 11.3 Å². The molecule has 4 nitrogen and oxygen atoms in total. The van der Waals surface area contributed by atoms with Gasteiger partial charge >= 0.3 is 5.97 Å². The summed E-state index contributed by atoms with van der Waals surface area (Å²) in [4.78, 5) is 16.2. The van der Waals surface area contributed by atoms with Crippen LogP contribution in [0.2, 0.25) is 10.0 Å². The van der Waals surface area contributed by atoms with Gasteiger partial charge in [0, 0.05) is 16.6 Å². The molecule has 0 aliphatic heterocycles. The van der Waals surface area contributed by atoms with Gasteiger partial charge in [-0.15, -0.1) is 0 Å². The molecule has 0 unspecified atom stereocenters. The summed E-state index contributed by atoms with van der Waals surface area (Å²) in [5.74, 6) is 0.342. The van der Waals surface area contributed by atoms with E-state index in [0.29, 0.717) is 27.1 Å². The Morgan fingerprint density at radius 1 is 1.04 bits per heavy atom. The molecule has 0 saturated heterocycles. The van der Waals surface area contributed by atoms with Crippen molar-refractivity contribution in [3.8, 4) is 11.5 Å². The second-order valence-electron chi connectivity index (χ2n) is 4.66. The monoisotopic (exact) mass is 347 g/mol. The minimum absolute atomic E-state index is 0.224. The summed E-state index contributed by atoms with van der Waals surface area (Å²) in [6.07, 6.45) is 1.61. The number of hydrogen-bond acceptors (Lipinski definition) is 4. The van der Waals surface area contributed by atoms with E-state index in [2.05, 4.69) is 4.98 Å². The van der Waals surface area contributed by atoms with Crippen LogP contribution in [0.3, 0.4) is 0 Å². The Morgan fingerprint density at radius 3 is 2.61 bits per heavy atom. The van der Waals surface area contributed by atoms with Gasteiger partial charge in [0.25, 0.3) is 0 Å². The minimum Gasteiger partial charge on any atom is -0.482 e. The lowest BCUT2D eigenvalue weighted by molar-refractivity contribution is -0.136. The van der Waals surface area contributed by atoms with E-state index in [9.17, 15) is 4.79 Å². The fourth-order valence-electron chi connectivity index (χ4n) is 2.02. The third-order valence-corrected chi connectivity index (χ3v) is 3.66. The predicted octanol–water partition coefficient (Wildman–Crippen LogP) is 4.53. The molecule has 0 bridgehead atoms. The van der Waals surface area contributed by atoms with Crippen molar-refractivity contribution in [1.29, 1.82) is 0 Å². The molecule has 23 heavy (non-hydrogen) atoms. The highest BCUT2D eigenvalue weighted by Crippen LogP contribution is 2.29. The number of ether oxygens (including phenoxy) is 2. The number of fused-ring (bicyclic) bond motifs is 1. The van der Waals surface area contributed by atoms with E-state index < -0.39 is 5.97 Å². The Kier molecular flexibility index (Phi) is 4.65. The number of hydrogen-bond donors (Lipinski definition) is 0. The van der Waals surface area contributed by atoms with Crippen molar-refractivity contribution in [2.45, 2.75) is 0 Å². The standard InChI is InChI=1S/C17H11Cl2NO3/c18-11-3-5-12(6-4-11)22-10-16(21)23-15-8-7-14(19)13-2-1-9-20-17(13)15/h1-9H,10H2. The van der Waals surface area contributed by atoms with Gasteiger partial charge in [0.15, 0.2) is 12.4 Å². The zero-order chi connectivity index (χ0) is 16.2. The van der Waals surface area contributed by atoms with E-state index in [1.54, 1.807) is 48.7 Å². The molecule has 0 amide bonds. The first-order valence-corrected chi connectivity index (χ1v) is 7.51. The van der Waals surface area contributed by atoms with E-state index in [-0.39, 0.29) is 6.61 Å². The van der Waals surface area contributed by atoms with E-state index >= 15 is 0 Å². The Labute approximate surface area is 142 Å². The lowest BCUT2D eigenvalue weighted by atomic mass is 10.2. The van der Waals surface area contributed by atoms with Crippen molar-refractivity contribution < 1.29 is 14.3 Å². The van der Waals surface area contributed by atoms with Gasteiger partial charge in [-0.2, -0.15) is 0 Å². The molecule has 1 heterocycles. The summed E-state index contributed by atoms with van der Waals surface area (Å²) >= 11 is 11.9. The van der Waals surface area contributed by atoms with Crippen LogP contribution >= 0.6 is 23.2 Å². The third kappa shape index (κ3) is 3.73. The highest BCUT2D eigenvalue weighted by atomic mass is 35.5. The number of benzene rings is 2. The molecule has 0 aliphatic carbocycles. The molecule has 0 radical (unpaired) electrons. The summed E-state index contributed by atoms with van der Waals surface area (Å²) < 4.78 is 10.7. The molecule has 3 aromatic rings. The van der Waals surface area contributed by atoms with Crippen molar-refractivity contribution >= 4 is 40.1 Å². The number of carbonyl (C=O) groups is 1. The highest BCUT2D eigenvalue weighted by Gasteiger charge is 2.11. The molecule has 0 N–H and O–H groups in total. The number of rotatable bonds is 4. The largest absolute Gasteiger partial charge is 0.482 e. The lowest BCUT2D eigenvalue weighted by Crippen LogP contribution is -2.17. The maximum absolute atomic E-state index is 11.9. The summed E-state index contributed by atoms with van der Waals surface area (Å²) in [6, 6.07) is 13.6. The van der Waals surface area contributed by atoms with Crippen LogP contribution in [0.25, 0.3) is 10.9 Å². The Balaban J connectivity index is 1.71.